The molecule has 0 aliphatic heterocycles. The number of carbonyl (C=O) groups excluding carboxylic acids is 3. The summed E-state index contributed by atoms with van der Waals surface area (Å²) in [5.41, 5.74) is 0.710. The summed E-state index contributed by atoms with van der Waals surface area (Å²) in [6.45, 7) is 0. The van der Waals surface area contributed by atoms with Crippen molar-refractivity contribution >= 4 is 51.9 Å². The molecular weight excluding hydrogens is 535 g/mol. The lowest BCUT2D eigenvalue weighted by Crippen LogP contribution is -2.22. The first-order valence-corrected chi connectivity index (χ1v) is 10.5. The first-order valence-electron chi connectivity index (χ1n) is 9.40. The van der Waals surface area contributed by atoms with Crippen LogP contribution in [0.4, 0.5) is 0 Å². The van der Waals surface area contributed by atoms with Gasteiger partial charge < -0.3 is 14.5 Å². The number of aromatic nitrogens is 6. The minimum Gasteiger partial charge on any atom is -0.480 e. The van der Waals surface area contributed by atoms with Crippen LogP contribution in [0.1, 0.15) is 38.9 Å². The summed E-state index contributed by atoms with van der Waals surface area (Å²) in [5.74, 6) is 0.0459. The minimum atomic E-state index is -0.635. The fraction of sp³-hybridized carbons (Fsp3) is 0.286. The fourth-order valence-electron chi connectivity index (χ4n) is 1.83. The van der Waals surface area contributed by atoms with Gasteiger partial charge in [0.1, 0.15) is 27.4 Å². The van der Waals surface area contributed by atoms with E-state index in [0.717, 1.165) is 0 Å². The number of nitrogens with zero attached hydrogens (tertiary/aromatic N) is 8. The highest BCUT2D eigenvalue weighted by atomic mass is 35.5. The van der Waals surface area contributed by atoms with Gasteiger partial charge >= 0.3 is 0 Å². The van der Waals surface area contributed by atoms with Crippen LogP contribution >= 0.6 is 34.8 Å². The van der Waals surface area contributed by atoms with Gasteiger partial charge in [-0.25, -0.2) is 29.9 Å². The monoisotopic (exact) mass is 558 g/mol. The number of halogens is 3. The lowest BCUT2D eigenvalue weighted by molar-refractivity contribution is 0.0814. The molecule has 3 aromatic heterocycles. The van der Waals surface area contributed by atoms with Crippen LogP contribution < -0.4 is 4.74 Å². The SMILES string of the molecule is C.CN(C)C(=O)c1cnc(Cl)cn1.COc1cnc(C(=O)N(C)C)cn1.O=C(Cl)c1cnc(Cl)cn1. The number of carbonyl (C=O) groups is 3. The maximum Gasteiger partial charge on any atom is 0.273 e. The molecule has 3 rings (SSSR count). The van der Waals surface area contributed by atoms with Crippen LogP contribution in [0.5, 0.6) is 5.88 Å². The molecule has 3 aromatic rings. The molecule has 0 unspecified atom stereocenters. The van der Waals surface area contributed by atoms with Gasteiger partial charge in [0.25, 0.3) is 17.1 Å². The highest BCUT2D eigenvalue weighted by molar-refractivity contribution is 6.67. The number of rotatable bonds is 4. The second kappa shape index (κ2) is 16.2. The normalized spacial score (nSPS) is 9.22. The van der Waals surface area contributed by atoms with Gasteiger partial charge in [-0.05, 0) is 11.6 Å². The Morgan fingerprint density at radius 1 is 0.667 bits per heavy atom. The lowest BCUT2D eigenvalue weighted by Gasteiger charge is -2.08. The van der Waals surface area contributed by atoms with Crippen molar-refractivity contribution in [2.45, 2.75) is 7.43 Å². The molecule has 0 bridgehead atoms. The van der Waals surface area contributed by atoms with E-state index in [1.54, 1.807) is 28.2 Å². The summed E-state index contributed by atoms with van der Waals surface area (Å²) in [6.07, 6.45) is 7.98. The lowest BCUT2D eigenvalue weighted by atomic mass is 10.4. The van der Waals surface area contributed by atoms with Gasteiger partial charge in [-0.2, -0.15) is 0 Å². The largest absolute Gasteiger partial charge is 0.480 e. The average Bonchev–Trinajstić information content (AvgIpc) is 2.84. The zero-order valence-electron chi connectivity index (χ0n) is 19.3. The molecule has 0 saturated carbocycles. The number of amides is 2. The summed E-state index contributed by atoms with van der Waals surface area (Å²) < 4.78 is 4.81. The van der Waals surface area contributed by atoms with Crippen LogP contribution in [-0.2, 0) is 0 Å². The Labute approximate surface area is 223 Å². The van der Waals surface area contributed by atoms with Crippen LogP contribution in [0.3, 0.4) is 0 Å². The van der Waals surface area contributed by atoms with Crippen molar-refractivity contribution in [2.75, 3.05) is 35.3 Å². The molecule has 0 radical (unpaired) electrons. The van der Waals surface area contributed by atoms with Gasteiger partial charge in [0.2, 0.25) is 5.88 Å². The molecular formula is C21H25Cl3N8O4. The third-order valence-electron chi connectivity index (χ3n) is 3.53. The summed E-state index contributed by atoms with van der Waals surface area (Å²) in [6, 6.07) is 0. The quantitative estimate of drug-likeness (QED) is 0.437. The van der Waals surface area contributed by atoms with Crippen molar-refractivity contribution in [2.24, 2.45) is 0 Å². The van der Waals surface area contributed by atoms with E-state index < -0.39 is 5.24 Å². The third kappa shape index (κ3) is 11.3. The van der Waals surface area contributed by atoms with Crippen LogP contribution in [-0.4, -0.2) is 92.1 Å². The Morgan fingerprint density at radius 2 is 1.06 bits per heavy atom. The maximum absolute atomic E-state index is 11.3. The average molecular weight is 560 g/mol. The summed E-state index contributed by atoms with van der Waals surface area (Å²) in [4.78, 5) is 58.3. The smallest absolute Gasteiger partial charge is 0.273 e. The predicted molar refractivity (Wildman–Crippen MR) is 136 cm³/mol. The van der Waals surface area contributed by atoms with Gasteiger partial charge in [-0.1, -0.05) is 30.6 Å². The molecule has 36 heavy (non-hydrogen) atoms. The molecule has 15 heteroatoms. The maximum atomic E-state index is 11.3. The van der Waals surface area contributed by atoms with Crippen molar-refractivity contribution in [3.63, 3.8) is 0 Å². The second-order valence-corrected chi connectivity index (χ2v) is 7.68. The number of methoxy groups -OCH3 is 1. The van der Waals surface area contributed by atoms with Crippen LogP contribution in [0.2, 0.25) is 10.3 Å². The zero-order chi connectivity index (χ0) is 26.5. The molecule has 0 aliphatic rings. The molecule has 12 nitrogen and oxygen atoms in total. The van der Waals surface area contributed by atoms with Crippen LogP contribution in [0.15, 0.2) is 37.2 Å². The van der Waals surface area contributed by atoms with Crippen LogP contribution in [0.25, 0.3) is 0 Å². The highest BCUT2D eigenvalue weighted by Gasteiger charge is 2.10. The molecule has 0 aromatic carbocycles. The Bertz CT molecular complexity index is 1110. The van der Waals surface area contributed by atoms with E-state index in [0.29, 0.717) is 17.3 Å². The Hall–Kier alpha value is -3.48. The van der Waals surface area contributed by atoms with Gasteiger partial charge in [-0.3, -0.25) is 14.4 Å². The minimum absolute atomic E-state index is 0. The van der Waals surface area contributed by atoms with Crippen molar-refractivity contribution in [1.82, 2.24) is 39.7 Å². The van der Waals surface area contributed by atoms with Gasteiger partial charge in [0.05, 0.1) is 44.3 Å². The van der Waals surface area contributed by atoms with E-state index in [-0.39, 0.29) is 35.2 Å². The summed E-state index contributed by atoms with van der Waals surface area (Å²) in [5, 5.41) is -0.115. The predicted octanol–water partition coefficient (Wildman–Crippen LogP) is 3.16. The molecule has 0 N–H and O–H groups in total. The Morgan fingerprint density at radius 3 is 1.33 bits per heavy atom. The van der Waals surface area contributed by atoms with E-state index in [1.165, 1.54) is 54.1 Å². The molecule has 0 aliphatic carbocycles. The molecule has 3 heterocycles. The van der Waals surface area contributed by atoms with Crippen molar-refractivity contribution in [3.8, 4) is 5.88 Å². The molecule has 0 atom stereocenters. The van der Waals surface area contributed by atoms with E-state index in [2.05, 4.69) is 29.9 Å². The van der Waals surface area contributed by atoms with E-state index in [9.17, 15) is 14.4 Å². The first-order chi connectivity index (χ1) is 16.5. The molecule has 194 valence electrons. The van der Waals surface area contributed by atoms with Gasteiger partial charge in [-0.15, -0.1) is 0 Å². The van der Waals surface area contributed by atoms with E-state index >= 15 is 0 Å². The van der Waals surface area contributed by atoms with E-state index in [1.807, 2.05) is 0 Å². The summed E-state index contributed by atoms with van der Waals surface area (Å²) >= 11 is 16.0. The Balaban J connectivity index is 0.000000507. The first kappa shape index (κ1) is 32.5. The molecule has 0 fully saturated rings. The highest BCUT2D eigenvalue weighted by Crippen LogP contribution is 2.04. The van der Waals surface area contributed by atoms with Crippen molar-refractivity contribution in [1.29, 1.82) is 0 Å². The van der Waals surface area contributed by atoms with Crippen LogP contribution in [0, 0.1) is 0 Å². The third-order valence-corrected chi connectivity index (χ3v) is 4.11. The standard InChI is InChI=1S/C8H11N3O2.C7H8ClN3O.C5H2Cl2N2O.CH4/c1-11(2)8(12)6-4-10-7(13-3)5-9-6;1-11(2)7(12)5-3-10-6(8)4-9-5;6-4-2-8-3(1-9-4)5(7)10;/h4-5H,1-3H3;3-4H,1-2H3;1-2H;1H4. The number of hydrogen-bond acceptors (Lipinski definition) is 10. The molecule has 0 saturated heterocycles. The number of ether oxygens (including phenoxy) is 1. The van der Waals surface area contributed by atoms with Crippen molar-refractivity contribution in [3.05, 3.63) is 64.6 Å². The topological polar surface area (TPSA) is 144 Å². The van der Waals surface area contributed by atoms with Gasteiger partial charge in [0.15, 0.2) is 0 Å². The molecule has 0 spiro atoms. The zero-order valence-corrected chi connectivity index (χ0v) is 21.6. The molecule has 2 amide bonds. The Kier molecular flexibility index (Phi) is 14.7. The van der Waals surface area contributed by atoms with Gasteiger partial charge in [0, 0.05) is 28.2 Å². The second-order valence-electron chi connectivity index (χ2n) is 6.57. The number of hydrogen-bond donors (Lipinski definition) is 0. The fourth-order valence-corrected chi connectivity index (χ4v) is 2.12. The van der Waals surface area contributed by atoms with E-state index in [4.69, 9.17) is 39.5 Å². The van der Waals surface area contributed by atoms with Crippen molar-refractivity contribution < 1.29 is 19.1 Å². The summed E-state index contributed by atoms with van der Waals surface area (Å²) in [7, 11) is 8.12.